The van der Waals surface area contributed by atoms with E-state index in [0.29, 0.717) is 0 Å². The molecule has 2 unspecified atom stereocenters. The van der Waals surface area contributed by atoms with Crippen LogP contribution in [0.2, 0.25) is 0 Å². The first-order valence-corrected chi connectivity index (χ1v) is 6.16. The van der Waals surface area contributed by atoms with Crippen LogP contribution in [0.3, 0.4) is 0 Å². The van der Waals surface area contributed by atoms with Crippen molar-refractivity contribution in [1.29, 1.82) is 0 Å². The van der Waals surface area contributed by atoms with Crippen LogP contribution in [-0.2, 0) is 0 Å². The van der Waals surface area contributed by atoms with Crippen molar-refractivity contribution < 1.29 is 5.11 Å². The van der Waals surface area contributed by atoms with Crippen molar-refractivity contribution in [2.75, 3.05) is 0 Å². The van der Waals surface area contributed by atoms with Crippen LogP contribution in [0, 0.1) is 5.92 Å². The second-order valence-electron chi connectivity index (χ2n) is 5.02. The largest absolute Gasteiger partial charge is 0.386 e. The van der Waals surface area contributed by atoms with E-state index in [-0.39, 0.29) is 0 Å². The quantitative estimate of drug-likeness (QED) is 0.668. The van der Waals surface area contributed by atoms with E-state index in [1.54, 1.807) is 0 Å². The maximum atomic E-state index is 10.5. The third-order valence-electron chi connectivity index (χ3n) is 4.06. The summed E-state index contributed by atoms with van der Waals surface area (Å²) < 4.78 is 0. The van der Waals surface area contributed by atoms with Crippen molar-refractivity contribution >= 4 is 0 Å². The van der Waals surface area contributed by atoms with Crippen LogP contribution in [0.4, 0.5) is 0 Å². The van der Waals surface area contributed by atoms with Gasteiger partial charge in [-0.25, -0.2) is 0 Å². The molecule has 80 valence electrons. The molecule has 0 spiro atoms. The topological polar surface area (TPSA) is 20.2 Å². The van der Waals surface area contributed by atoms with Gasteiger partial charge in [-0.15, -0.1) is 0 Å². The summed E-state index contributed by atoms with van der Waals surface area (Å²) in [6.07, 6.45) is 11.7. The summed E-state index contributed by atoms with van der Waals surface area (Å²) in [7, 11) is 0. The molecule has 2 rings (SSSR count). The fourth-order valence-corrected chi connectivity index (χ4v) is 3.03. The zero-order chi connectivity index (χ0) is 10.0. The molecule has 0 aromatic carbocycles. The van der Waals surface area contributed by atoms with Gasteiger partial charge in [0.25, 0.3) is 0 Å². The second-order valence-corrected chi connectivity index (χ2v) is 5.02. The summed E-state index contributed by atoms with van der Waals surface area (Å²) in [6.45, 7) is 2.24. The van der Waals surface area contributed by atoms with E-state index in [9.17, 15) is 5.11 Å². The third kappa shape index (κ3) is 1.88. The maximum Gasteiger partial charge on any atom is 0.0859 e. The summed E-state index contributed by atoms with van der Waals surface area (Å²) in [5.41, 5.74) is 0.959. The predicted octanol–water partition coefficient (Wildman–Crippen LogP) is 3.43. The number of aliphatic hydroxyl groups is 1. The molecule has 0 aliphatic heterocycles. The number of hydrogen-bond acceptors (Lipinski definition) is 1. The van der Waals surface area contributed by atoms with Crippen LogP contribution in [-0.4, -0.2) is 10.7 Å². The summed E-state index contributed by atoms with van der Waals surface area (Å²) in [4.78, 5) is 0. The highest BCUT2D eigenvalue weighted by Crippen LogP contribution is 2.43. The van der Waals surface area contributed by atoms with E-state index in [0.717, 1.165) is 25.2 Å². The molecule has 1 nitrogen and oxygen atoms in total. The molecule has 0 amide bonds. The molecule has 14 heavy (non-hydrogen) atoms. The van der Waals surface area contributed by atoms with Gasteiger partial charge in [-0.05, 0) is 56.4 Å². The molecule has 1 fully saturated rings. The Bertz CT molecular complexity index is 231. The lowest BCUT2D eigenvalue weighted by atomic mass is 9.83. The minimum absolute atomic E-state index is 0.402. The van der Waals surface area contributed by atoms with Gasteiger partial charge in [0, 0.05) is 0 Å². The summed E-state index contributed by atoms with van der Waals surface area (Å²) in [5, 5.41) is 10.5. The fraction of sp³-hybridized carbons (Fsp3) is 0.846. The Morgan fingerprint density at radius 1 is 1.50 bits per heavy atom. The van der Waals surface area contributed by atoms with Crippen LogP contribution < -0.4 is 0 Å². The van der Waals surface area contributed by atoms with Crippen molar-refractivity contribution in [3.63, 3.8) is 0 Å². The normalized spacial score (nSPS) is 38.4. The van der Waals surface area contributed by atoms with Crippen molar-refractivity contribution in [2.24, 2.45) is 5.92 Å². The monoisotopic (exact) mass is 194 g/mol. The van der Waals surface area contributed by atoms with Crippen LogP contribution in [0.5, 0.6) is 0 Å². The lowest BCUT2D eigenvalue weighted by Crippen LogP contribution is -2.28. The molecule has 0 bridgehead atoms. The van der Waals surface area contributed by atoms with Gasteiger partial charge in [-0.2, -0.15) is 0 Å². The Kier molecular flexibility index (Phi) is 2.96. The zero-order valence-electron chi connectivity index (χ0n) is 9.26. The molecule has 1 saturated carbocycles. The molecule has 2 aliphatic carbocycles. The molecule has 0 radical (unpaired) electrons. The van der Waals surface area contributed by atoms with Crippen LogP contribution in [0.25, 0.3) is 0 Å². The lowest BCUT2D eigenvalue weighted by Gasteiger charge is -2.29. The molecule has 0 aromatic heterocycles. The van der Waals surface area contributed by atoms with Crippen molar-refractivity contribution in [1.82, 2.24) is 0 Å². The summed E-state index contributed by atoms with van der Waals surface area (Å²) in [6, 6.07) is 0. The maximum absolute atomic E-state index is 10.5. The molecule has 0 aromatic rings. The Morgan fingerprint density at radius 3 is 2.93 bits per heavy atom. The molecule has 0 heterocycles. The van der Waals surface area contributed by atoms with E-state index in [1.807, 2.05) is 0 Å². The summed E-state index contributed by atoms with van der Waals surface area (Å²) >= 11 is 0. The van der Waals surface area contributed by atoms with E-state index < -0.39 is 5.60 Å². The Hall–Kier alpha value is -0.300. The smallest absolute Gasteiger partial charge is 0.0859 e. The highest BCUT2D eigenvalue weighted by Gasteiger charge is 2.39. The van der Waals surface area contributed by atoms with E-state index in [2.05, 4.69) is 13.0 Å². The third-order valence-corrected chi connectivity index (χ3v) is 4.06. The first-order chi connectivity index (χ1) is 6.74. The van der Waals surface area contributed by atoms with Gasteiger partial charge in [0.2, 0.25) is 0 Å². The SMILES string of the molecule is CCC1CCC(O)(C2=CCCCC2)C1. The molecule has 2 atom stereocenters. The fourth-order valence-electron chi connectivity index (χ4n) is 3.03. The Morgan fingerprint density at radius 2 is 2.36 bits per heavy atom. The van der Waals surface area contributed by atoms with E-state index >= 15 is 0 Å². The first kappa shape index (κ1) is 10.2. The standard InChI is InChI=1S/C13H22O/c1-2-11-8-9-13(14,10-11)12-6-4-3-5-7-12/h6,11,14H,2-5,7-10H2,1H3. The molecule has 1 heteroatoms. The minimum Gasteiger partial charge on any atom is -0.386 e. The van der Waals surface area contributed by atoms with Gasteiger partial charge < -0.3 is 5.11 Å². The minimum atomic E-state index is -0.402. The first-order valence-electron chi connectivity index (χ1n) is 6.16. The van der Waals surface area contributed by atoms with E-state index in [1.165, 1.54) is 37.7 Å². The highest BCUT2D eigenvalue weighted by atomic mass is 16.3. The van der Waals surface area contributed by atoms with Gasteiger partial charge in [0.1, 0.15) is 0 Å². The zero-order valence-corrected chi connectivity index (χ0v) is 9.26. The van der Waals surface area contributed by atoms with Crippen molar-refractivity contribution in [3.05, 3.63) is 11.6 Å². The van der Waals surface area contributed by atoms with Crippen LogP contribution in [0.1, 0.15) is 58.3 Å². The average Bonchev–Trinajstić information content (AvgIpc) is 2.63. The number of allylic oxidation sites excluding steroid dienone is 1. The predicted molar refractivity (Wildman–Crippen MR) is 59.1 cm³/mol. The van der Waals surface area contributed by atoms with Gasteiger partial charge in [0.15, 0.2) is 0 Å². The van der Waals surface area contributed by atoms with Gasteiger partial charge in [-0.3, -0.25) is 0 Å². The van der Waals surface area contributed by atoms with Gasteiger partial charge in [0.05, 0.1) is 5.60 Å². The van der Waals surface area contributed by atoms with Crippen molar-refractivity contribution in [2.45, 2.75) is 63.9 Å². The van der Waals surface area contributed by atoms with Crippen LogP contribution in [0.15, 0.2) is 11.6 Å². The molecular weight excluding hydrogens is 172 g/mol. The lowest BCUT2D eigenvalue weighted by molar-refractivity contribution is 0.0759. The van der Waals surface area contributed by atoms with Crippen molar-refractivity contribution in [3.8, 4) is 0 Å². The number of rotatable bonds is 2. The molecule has 1 N–H and O–H groups in total. The Labute approximate surface area is 87.2 Å². The second kappa shape index (κ2) is 4.06. The molecular formula is C13H22O. The van der Waals surface area contributed by atoms with E-state index in [4.69, 9.17) is 0 Å². The van der Waals surface area contributed by atoms with Crippen LogP contribution >= 0.6 is 0 Å². The highest BCUT2D eigenvalue weighted by molar-refractivity contribution is 5.20. The molecule has 0 saturated heterocycles. The van der Waals surface area contributed by atoms with Gasteiger partial charge >= 0.3 is 0 Å². The van der Waals surface area contributed by atoms with Gasteiger partial charge in [-0.1, -0.05) is 19.4 Å². The molecule has 2 aliphatic rings. The summed E-state index contributed by atoms with van der Waals surface area (Å²) in [5.74, 6) is 0.767. The average molecular weight is 194 g/mol. The number of hydrogen-bond donors (Lipinski definition) is 1. The Balaban J connectivity index is 2.05.